The van der Waals surface area contributed by atoms with Crippen LogP contribution < -0.4 is 25.8 Å². The van der Waals surface area contributed by atoms with Crippen molar-refractivity contribution in [1.29, 1.82) is 0 Å². The first-order chi connectivity index (χ1) is 32.7. The monoisotopic (exact) mass is 941 g/mol. The van der Waals surface area contributed by atoms with Crippen LogP contribution in [0.3, 0.4) is 0 Å². The van der Waals surface area contributed by atoms with Crippen molar-refractivity contribution >= 4 is 46.2 Å². The van der Waals surface area contributed by atoms with Crippen molar-refractivity contribution in [1.82, 2.24) is 39.9 Å². The Labute approximate surface area is 394 Å². The number of methoxy groups -OCH3 is 1. The average Bonchev–Trinajstić information content (AvgIpc) is 3.95. The van der Waals surface area contributed by atoms with E-state index in [-0.39, 0.29) is 54.4 Å². The number of hydrogen-bond acceptors (Lipinski definition) is 12. The first-order valence-electron chi connectivity index (χ1n) is 24.2. The Bertz CT molecular complexity index is 2570. The second-order valence-corrected chi connectivity index (χ2v) is 19.8. The number of benzene rings is 2. The number of aryl methyl sites for hydroxylation is 1. The van der Waals surface area contributed by atoms with Gasteiger partial charge in [-0.1, -0.05) is 12.1 Å². The number of imidazole rings is 1. The molecular formula is C49H62F3N11O5. The van der Waals surface area contributed by atoms with Crippen molar-refractivity contribution < 1.29 is 37.4 Å². The maximum absolute atomic E-state index is 16.1. The number of fused-ring (bicyclic) bond motifs is 2. The van der Waals surface area contributed by atoms with E-state index in [0.717, 1.165) is 80.5 Å². The number of aliphatic hydroxyl groups is 1. The van der Waals surface area contributed by atoms with E-state index >= 15 is 13.2 Å². The smallest absolute Gasteiger partial charge is 0.271 e. The Morgan fingerprint density at radius 2 is 1.74 bits per heavy atom. The maximum Gasteiger partial charge on any atom is 0.271 e. The van der Waals surface area contributed by atoms with Crippen molar-refractivity contribution in [3.63, 3.8) is 0 Å². The predicted octanol–water partition coefficient (Wildman–Crippen LogP) is 4.90. The molecule has 1 spiro atoms. The highest BCUT2D eigenvalue weighted by atomic mass is 19.3. The minimum atomic E-state index is -2.85. The van der Waals surface area contributed by atoms with E-state index in [9.17, 15) is 19.5 Å². The number of amides is 3. The Kier molecular flexibility index (Phi) is 12.5. The molecule has 4 saturated heterocycles. The van der Waals surface area contributed by atoms with E-state index in [2.05, 4.69) is 30.7 Å². The second kappa shape index (κ2) is 18.4. The Morgan fingerprint density at radius 1 is 0.956 bits per heavy atom. The predicted molar refractivity (Wildman–Crippen MR) is 250 cm³/mol. The largest absolute Gasteiger partial charge is 0.385 e. The highest BCUT2D eigenvalue weighted by molar-refractivity contribution is 5.96. The first-order valence-corrected chi connectivity index (χ1v) is 24.2. The number of aliphatic hydroxyl groups excluding tert-OH is 1. The number of ether oxygens (including phenoxy) is 1. The Hall–Kier alpha value is -5.50. The lowest BCUT2D eigenvalue weighted by atomic mass is 9.71. The first kappa shape index (κ1) is 46.2. The molecule has 10 rings (SSSR count). The molecule has 2 unspecified atom stereocenters. The Balaban J connectivity index is 0.729. The van der Waals surface area contributed by atoms with Gasteiger partial charge in [-0.05, 0) is 118 Å². The summed E-state index contributed by atoms with van der Waals surface area (Å²) < 4.78 is 54.6. The molecule has 4 atom stereocenters. The molecular weight excluding hydrogens is 880 g/mol. The van der Waals surface area contributed by atoms with Crippen LogP contribution in [0.2, 0.25) is 0 Å². The second-order valence-electron chi connectivity index (χ2n) is 19.8. The third-order valence-electron chi connectivity index (χ3n) is 15.9. The normalized spacial score (nSPS) is 25.0. The highest BCUT2D eigenvalue weighted by Crippen LogP contribution is 2.44. The molecule has 7 heterocycles. The van der Waals surface area contributed by atoms with Crippen LogP contribution in [-0.4, -0.2) is 150 Å². The number of hydrogen-bond donors (Lipinski definition) is 4. The van der Waals surface area contributed by atoms with Crippen molar-refractivity contribution in [2.24, 2.45) is 11.3 Å². The lowest BCUT2D eigenvalue weighted by Gasteiger charge is -2.48. The number of nitrogens with one attached hydrogen (secondary N) is 3. The average molecular weight is 942 g/mol. The maximum atomic E-state index is 16.1. The fourth-order valence-corrected chi connectivity index (χ4v) is 11.5. The number of nitrogens with zero attached hydrogens (tertiary/aromatic N) is 8. The summed E-state index contributed by atoms with van der Waals surface area (Å²) in [4.78, 5) is 52.9. The van der Waals surface area contributed by atoms with Gasteiger partial charge in [0.25, 0.3) is 17.7 Å². The van der Waals surface area contributed by atoms with Crippen LogP contribution in [-0.2, 0) is 22.5 Å². The Morgan fingerprint density at radius 3 is 2.44 bits per heavy atom. The van der Waals surface area contributed by atoms with Gasteiger partial charge < -0.3 is 45.4 Å². The van der Waals surface area contributed by atoms with Gasteiger partial charge >= 0.3 is 0 Å². The number of alkyl halides is 2. The van der Waals surface area contributed by atoms with Crippen molar-refractivity contribution in [3.05, 3.63) is 76.4 Å². The zero-order valence-electron chi connectivity index (χ0n) is 39.1. The number of carbonyl (C=O) groups excluding carboxylic acids is 3. The summed E-state index contributed by atoms with van der Waals surface area (Å²) in [6.45, 7) is 6.07. The molecule has 68 heavy (non-hydrogen) atoms. The molecule has 1 saturated carbocycles. The molecule has 2 aromatic carbocycles. The van der Waals surface area contributed by atoms with Gasteiger partial charge in [-0.25, -0.2) is 22.7 Å². The van der Waals surface area contributed by atoms with E-state index in [1.54, 1.807) is 34.5 Å². The standard InChI is InChI=1S/C49H62F3N11O5/c1-30-23-35(50)34(24-39(30)62-18-11-43(64)56-47(62)67)46(66)60-21-14-48(15-22-60)12-19-58(20-13-48)28-32-9-16-59(29-49(32,51)52)27-31-5-4-6-38-33(31)10-17-61(38)42-25-37(53-2)44-54-26-40(63(44)57-42)45(65)55-36-7-8-41(36)68-3/h4-6,23-26,32,36,41,47,53,67H,7-22,27-29H2,1-3H3,(H,55,65)(H,56,64)/t32?,36-,41-,47?/m1/s1. The minimum Gasteiger partial charge on any atom is -0.385 e. The number of rotatable bonds is 11. The van der Waals surface area contributed by atoms with Crippen LogP contribution in [0.25, 0.3) is 5.65 Å². The lowest BCUT2D eigenvalue weighted by molar-refractivity contribution is -0.125. The molecule has 5 fully saturated rings. The van der Waals surface area contributed by atoms with Gasteiger partial charge in [0.1, 0.15) is 5.82 Å². The van der Waals surface area contributed by atoms with Crippen LogP contribution in [0, 0.1) is 24.1 Å². The van der Waals surface area contributed by atoms with Gasteiger partial charge in [0.2, 0.25) is 12.3 Å². The van der Waals surface area contributed by atoms with Gasteiger partial charge in [0.15, 0.2) is 17.2 Å². The van der Waals surface area contributed by atoms with E-state index in [1.165, 1.54) is 12.1 Å². The summed E-state index contributed by atoms with van der Waals surface area (Å²) >= 11 is 0. The number of anilines is 4. The molecule has 2 aromatic heterocycles. The fraction of sp³-hybridized carbons (Fsp3) is 0.571. The molecule has 1 aliphatic carbocycles. The van der Waals surface area contributed by atoms with E-state index in [4.69, 9.17) is 9.84 Å². The van der Waals surface area contributed by atoms with Crippen molar-refractivity contribution in [2.45, 2.75) is 95.7 Å². The molecule has 6 aliphatic rings. The molecule has 0 radical (unpaired) electrons. The quantitative estimate of drug-likeness (QED) is 0.161. The number of aromatic nitrogens is 3. The van der Waals surface area contributed by atoms with E-state index in [0.29, 0.717) is 74.1 Å². The van der Waals surface area contributed by atoms with Crippen molar-refractivity contribution in [2.75, 3.05) is 88.2 Å². The zero-order chi connectivity index (χ0) is 47.5. The molecule has 5 aliphatic heterocycles. The molecule has 4 aromatic rings. The van der Waals surface area contributed by atoms with Crippen LogP contribution in [0.1, 0.15) is 88.9 Å². The van der Waals surface area contributed by atoms with E-state index in [1.807, 2.05) is 36.2 Å². The van der Waals surface area contributed by atoms with Crippen molar-refractivity contribution in [3.8, 4) is 0 Å². The summed E-state index contributed by atoms with van der Waals surface area (Å²) in [7, 11) is 3.46. The van der Waals surface area contributed by atoms with E-state index < -0.39 is 29.9 Å². The molecule has 0 bridgehead atoms. The lowest BCUT2D eigenvalue weighted by Crippen LogP contribution is -2.54. The summed E-state index contributed by atoms with van der Waals surface area (Å²) in [5.74, 6) is -4.50. The number of carbonyl (C=O) groups is 3. The van der Waals surface area contributed by atoms with Crippen LogP contribution in [0.5, 0.6) is 0 Å². The van der Waals surface area contributed by atoms with Gasteiger partial charge in [-0.15, -0.1) is 5.10 Å². The number of likely N-dealkylation sites (tertiary alicyclic amines) is 3. The summed E-state index contributed by atoms with van der Waals surface area (Å²) in [6, 6.07) is 10.7. The highest BCUT2D eigenvalue weighted by Gasteiger charge is 2.47. The molecule has 19 heteroatoms. The minimum absolute atomic E-state index is 0.00895. The van der Waals surface area contributed by atoms with Gasteiger partial charge in [0.05, 0.1) is 36.1 Å². The summed E-state index contributed by atoms with van der Waals surface area (Å²) in [5, 5.41) is 24.2. The molecule has 3 amide bonds. The van der Waals surface area contributed by atoms with Gasteiger partial charge in [-0.2, -0.15) is 0 Å². The van der Waals surface area contributed by atoms with Crippen LogP contribution in [0.4, 0.5) is 36.1 Å². The third kappa shape index (κ3) is 8.75. The fourth-order valence-electron chi connectivity index (χ4n) is 11.5. The van der Waals surface area contributed by atoms with Crippen LogP contribution in [0.15, 0.2) is 42.6 Å². The number of halogens is 3. The van der Waals surface area contributed by atoms with Crippen LogP contribution >= 0.6 is 0 Å². The SMILES string of the molecule is CNc1cc(N2CCc3c(CN4CCC(CN5CCC6(CC5)CCN(C(=O)c5cc(N7CCC(=O)NC7O)c(C)cc5F)CC6)C(F)(F)C4)cccc32)nn2c(C(=O)N[C@@H]3CC[C@H]3OC)cnc12. The topological polar surface area (TPSA) is 163 Å². The van der Waals surface area contributed by atoms with Gasteiger partial charge in [-0.3, -0.25) is 19.3 Å². The zero-order valence-corrected chi connectivity index (χ0v) is 39.1. The molecule has 4 N–H and O–H groups in total. The summed E-state index contributed by atoms with van der Waals surface area (Å²) in [5.41, 5.74) is 5.72. The molecule has 16 nitrogen and oxygen atoms in total. The number of piperidine rings is 3. The van der Waals surface area contributed by atoms with Gasteiger partial charge in [0, 0.05) is 83.2 Å². The summed E-state index contributed by atoms with van der Waals surface area (Å²) in [6.07, 6.45) is 6.60. The third-order valence-corrected chi connectivity index (χ3v) is 15.9. The molecule has 364 valence electrons.